The van der Waals surface area contributed by atoms with Crippen molar-refractivity contribution in [2.24, 2.45) is 5.73 Å². The Kier molecular flexibility index (Phi) is 5.86. The van der Waals surface area contributed by atoms with Gasteiger partial charge in [0.25, 0.3) is 0 Å². The molecule has 0 aliphatic rings. The van der Waals surface area contributed by atoms with Gasteiger partial charge in [-0.05, 0) is 0 Å². The molecule has 1 aromatic heterocycles. The van der Waals surface area contributed by atoms with Crippen LogP contribution in [-0.2, 0) is 20.7 Å². The van der Waals surface area contributed by atoms with E-state index in [0.717, 1.165) is 5.69 Å². The van der Waals surface area contributed by atoms with Crippen molar-refractivity contribution in [1.29, 1.82) is 0 Å². The number of carboxylic acids is 1. The van der Waals surface area contributed by atoms with Gasteiger partial charge in [0.1, 0.15) is 12.6 Å². The number of quaternary nitrogens is 1. The second-order valence-corrected chi connectivity index (χ2v) is 6.02. The zero-order chi connectivity index (χ0) is 16.0. The molecule has 0 saturated heterocycles. The fraction of sp³-hybridized carbons (Fsp3) is 0.615. The highest BCUT2D eigenvalue weighted by Gasteiger charge is 2.27. The van der Waals surface area contributed by atoms with E-state index < -0.39 is 24.1 Å². The molecule has 1 aromatic rings. The van der Waals surface area contributed by atoms with Gasteiger partial charge in [0.2, 0.25) is 0 Å². The van der Waals surface area contributed by atoms with Crippen LogP contribution in [-0.4, -0.2) is 71.3 Å². The Bertz CT molecular complexity index is 467. The summed E-state index contributed by atoms with van der Waals surface area (Å²) in [6.45, 7) is 0.398. The van der Waals surface area contributed by atoms with Gasteiger partial charge in [0.05, 0.1) is 33.9 Å². The van der Waals surface area contributed by atoms with E-state index in [0.29, 0.717) is 11.0 Å². The summed E-state index contributed by atoms with van der Waals surface area (Å²) in [5.41, 5.74) is 6.50. The Morgan fingerprint density at radius 2 is 2.14 bits per heavy atom. The largest absolute Gasteiger partial charge is 0.481 e. The maximum Gasteiger partial charge on any atom is 0.323 e. The number of nitrogens with zero attached hydrogens (tertiary/aromatic N) is 2. The summed E-state index contributed by atoms with van der Waals surface area (Å²) in [5.74, 6) is -1.62. The molecule has 4 N–H and O–H groups in total. The molecule has 8 heteroatoms. The van der Waals surface area contributed by atoms with Crippen LogP contribution in [0.25, 0.3) is 0 Å². The molecule has 8 nitrogen and oxygen atoms in total. The van der Waals surface area contributed by atoms with Crippen LogP contribution in [0.3, 0.4) is 0 Å². The van der Waals surface area contributed by atoms with Gasteiger partial charge in [0.15, 0.2) is 6.10 Å². The molecule has 0 aromatic carbocycles. The molecule has 1 heterocycles. The first-order chi connectivity index (χ1) is 9.67. The van der Waals surface area contributed by atoms with Crippen molar-refractivity contribution in [3.05, 3.63) is 18.2 Å². The van der Waals surface area contributed by atoms with Gasteiger partial charge in [-0.2, -0.15) is 0 Å². The minimum absolute atomic E-state index is 0.238. The molecule has 0 spiro atoms. The van der Waals surface area contributed by atoms with Crippen molar-refractivity contribution < 1.29 is 23.9 Å². The summed E-state index contributed by atoms with van der Waals surface area (Å²) in [6, 6.07) is -0.853. The lowest BCUT2D eigenvalue weighted by Crippen LogP contribution is -2.46. The number of aromatic nitrogens is 2. The Hall–Kier alpha value is -1.93. The number of likely N-dealkylation sites (N-methyl/N-ethyl adjacent to an activating group) is 1. The summed E-state index contributed by atoms with van der Waals surface area (Å²) in [4.78, 5) is 29.5. The number of rotatable bonds is 8. The number of imidazole rings is 1. The number of hydrogen-bond acceptors (Lipinski definition) is 5. The van der Waals surface area contributed by atoms with Crippen molar-refractivity contribution >= 4 is 11.9 Å². The van der Waals surface area contributed by atoms with Gasteiger partial charge >= 0.3 is 11.9 Å². The smallest absolute Gasteiger partial charge is 0.323 e. The number of carbonyl (C=O) groups excluding carboxylic acids is 1. The molecule has 0 radical (unpaired) electrons. The van der Waals surface area contributed by atoms with Crippen molar-refractivity contribution in [1.82, 2.24) is 9.97 Å². The third-order valence-corrected chi connectivity index (χ3v) is 2.73. The molecule has 0 saturated carbocycles. The first kappa shape index (κ1) is 17.1. The first-order valence-electron chi connectivity index (χ1n) is 6.63. The lowest BCUT2D eigenvalue weighted by atomic mass is 10.1. The average Bonchev–Trinajstić information content (AvgIpc) is 2.78. The Balaban J connectivity index is 2.59. The van der Waals surface area contributed by atoms with Crippen molar-refractivity contribution in [2.75, 3.05) is 27.7 Å². The normalized spacial score (nSPS) is 14.5. The summed E-state index contributed by atoms with van der Waals surface area (Å²) in [5, 5.41) is 8.90. The molecule has 0 aliphatic carbocycles. The van der Waals surface area contributed by atoms with Gasteiger partial charge in [-0.15, -0.1) is 0 Å². The maximum absolute atomic E-state index is 12.0. The number of carbonyl (C=O) groups is 2. The van der Waals surface area contributed by atoms with E-state index in [1.54, 1.807) is 6.20 Å². The van der Waals surface area contributed by atoms with E-state index >= 15 is 0 Å². The standard InChI is InChI=1S/C13H22N4O4/c1-17(2,3)7-10(5-12(18)19)21-13(20)11(14)4-9-6-15-8-16-9/h6,8,10-11H,4-5,7,14H2,1-3H3,(H-,15,16,18,19)/p+1/t10?,11-/m0/s1. The predicted octanol–water partition coefficient (Wildman–Crippen LogP) is -0.628. The van der Waals surface area contributed by atoms with Crippen LogP contribution in [0.4, 0.5) is 0 Å². The first-order valence-corrected chi connectivity index (χ1v) is 6.63. The summed E-state index contributed by atoms with van der Waals surface area (Å²) in [7, 11) is 5.69. The van der Waals surface area contributed by atoms with E-state index in [2.05, 4.69) is 9.97 Å². The molecule has 0 bridgehead atoms. The lowest BCUT2D eigenvalue weighted by molar-refractivity contribution is -0.873. The topological polar surface area (TPSA) is 118 Å². The third-order valence-electron chi connectivity index (χ3n) is 2.73. The molecule has 0 aliphatic heterocycles. The van der Waals surface area contributed by atoms with Crippen molar-refractivity contribution in [2.45, 2.75) is 25.0 Å². The van der Waals surface area contributed by atoms with Crippen LogP contribution in [0.2, 0.25) is 0 Å². The van der Waals surface area contributed by atoms with Crippen LogP contribution < -0.4 is 5.73 Å². The van der Waals surface area contributed by atoms with E-state index in [1.165, 1.54) is 6.33 Å². The van der Waals surface area contributed by atoms with Gasteiger partial charge in [-0.3, -0.25) is 9.59 Å². The van der Waals surface area contributed by atoms with E-state index in [1.807, 2.05) is 21.1 Å². The number of nitrogens with one attached hydrogen (secondary N) is 1. The number of esters is 1. The fourth-order valence-corrected chi connectivity index (χ4v) is 1.92. The van der Waals surface area contributed by atoms with Crippen LogP contribution in [0.15, 0.2) is 12.5 Å². The number of carboxylic acid groups (broad SMARTS) is 1. The highest BCUT2D eigenvalue weighted by atomic mass is 16.5. The van der Waals surface area contributed by atoms with Gasteiger partial charge < -0.3 is 25.0 Å². The van der Waals surface area contributed by atoms with E-state index in [-0.39, 0.29) is 12.8 Å². The molecule has 118 valence electrons. The van der Waals surface area contributed by atoms with Crippen LogP contribution in [0.5, 0.6) is 0 Å². The quantitative estimate of drug-likeness (QED) is 0.434. The number of nitrogens with two attached hydrogens (primary N) is 1. The molecular formula is C13H23N4O4+. The number of ether oxygens (including phenoxy) is 1. The Morgan fingerprint density at radius 1 is 1.48 bits per heavy atom. The van der Waals surface area contributed by atoms with E-state index in [4.69, 9.17) is 15.6 Å². The number of H-pyrrole nitrogens is 1. The van der Waals surface area contributed by atoms with Gasteiger partial charge in [-0.1, -0.05) is 0 Å². The fourth-order valence-electron chi connectivity index (χ4n) is 1.92. The second-order valence-electron chi connectivity index (χ2n) is 6.02. The van der Waals surface area contributed by atoms with Crippen LogP contribution in [0.1, 0.15) is 12.1 Å². The number of hydrogen-bond donors (Lipinski definition) is 3. The van der Waals surface area contributed by atoms with Gasteiger partial charge in [-0.25, -0.2) is 4.98 Å². The maximum atomic E-state index is 12.0. The summed E-state index contributed by atoms with van der Waals surface area (Å²) in [6.07, 6.45) is 2.40. The van der Waals surface area contributed by atoms with Crippen molar-refractivity contribution in [3.8, 4) is 0 Å². The molecule has 21 heavy (non-hydrogen) atoms. The van der Waals surface area contributed by atoms with E-state index in [9.17, 15) is 9.59 Å². The monoisotopic (exact) mass is 299 g/mol. The third kappa shape index (κ3) is 6.87. The zero-order valence-corrected chi connectivity index (χ0v) is 12.6. The average molecular weight is 299 g/mol. The molecule has 0 amide bonds. The second kappa shape index (κ2) is 7.19. The van der Waals surface area contributed by atoms with Gasteiger partial charge in [0, 0.05) is 18.3 Å². The minimum atomic E-state index is -1.01. The lowest BCUT2D eigenvalue weighted by Gasteiger charge is -2.28. The Morgan fingerprint density at radius 3 is 2.62 bits per heavy atom. The molecule has 1 rings (SSSR count). The highest BCUT2D eigenvalue weighted by molar-refractivity contribution is 5.76. The minimum Gasteiger partial charge on any atom is -0.481 e. The molecule has 0 fully saturated rings. The molecular weight excluding hydrogens is 276 g/mol. The predicted molar refractivity (Wildman–Crippen MR) is 75.3 cm³/mol. The number of aliphatic carboxylic acids is 1. The van der Waals surface area contributed by atoms with Crippen LogP contribution in [0, 0.1) is 0 Å². The Labute approximate surface area is 123 Å². The molecule has 2 atom stereocenters. The number of aromatic amines is 1. The molecule has 1 unspecified atom stereocenters. The van der Waals surface area contributed by atoms with Crippen LogP contribution >= 0.6 is 0 Å². The SMILES string of the molecule is C[N+](C)(C)CC(CC(=O)O)OC(=O)[C@@H](N)Cc1cnc[nH]1. The summed E-state index contributed by atoms with van der Waals surface area (Å²) >= 11 is 0. The summed E-state index contributed by atoms with van der Waals surface area (Å²) < 4.78 is 5.74. The zero-order valence-electron chi connectivity index (χ0n) is 12.6. The highest BCUT2D eigenvalue weighted by Crippen LogP contribution is 2.07. The van der Waals surface area contributed by atoms with Crippen molar-refractivity contribution in [3.63, 3.8) is 0 Å².